The number of anilines is 2. The fourth-order valence-corrected chi connectivity index (χ4v) is 4.49. The summed E-state index contributed by atoms with van der Waals surface area (Å²) in [5.74, 6) is 0.878. The number of hydrogen-bond donors (Lipinski definition) is 1. The molecule has 1 aromatic heterocycles. The standard InChI is InChI=1S/C29H29N3O5/c1-20(36-21-10-4-3-5-11-21)28(33)30-26-22-12-6-8-14-24(22)37-27(26)29(34)32-18-16-31(17-19-32)23-13-7-9-15-25(23)35-2/h3-15,20H,16-19H2,1-2H3,(H,30,33)/t20-/m1/s1. The van der Waals surface area contributed by atoms with Gasteiger partial charge in [0, 0.05) is 31.6 Å². The summed E-state index contributed by atoms with van der Waals surface area (Å²) in [7, 11) is 1.65. The molecule has 1 fully saturated rings. The Bertz CT molecular complexity index is 1390. The first kappa shape index (κ1) is 24.2. The van der Waals surface area contributed by atoms with E-state index in [0.717, 1.165) is 11.4 Å². The number of piperazine rings is 1. The predicted octanol–water partition coefficient (Wildman–Crippen LogP) is 4.81. The zero-order valence-electron chi connectivity index (χ0n) is 20.8. The molecule has 0 aliphatic carbocycles. The van der Waals surface area contributed by atoms with Crippen molar-refractivity contribution in [2.75, 3.05) is 43.5 Å². The number of fused-ring (bicyclic) bond motifs is 1. The second-order valence-corrected chi connectivity index (χ2v) is 8.82. The highest BCUT2D eigenvalue weighted by molar-refractivity contribution is 6.11. The van der Waals surface area contributed by atoms with Gasteiger partial charge in [-0.1, -0.05) is 42.5 Å². The molecule has 1 saturated heterocycles. The SMILES string of the molecule is COc1ccccc1N1CCN(C(=O)c2oc3ccccc3c2NC(=O)[C@@H](C)Oc2ccccc2)CC1. The molecule has 0 saturated carbocycles. The van der Waals surface area contributed by atoms with Gasteiger partial charge in [-0.05, 0) is 43.3 Å². The number of ether oxygens (including phenoxy) is 2. The Hall–Kier alpha value is -4.46. The van der Waals surface area contributed by atoms with Crippen LogP contribution in [0.15, 0.2) is 83.3 Å². The molecule has 37 heavy (non-hydrogen) atoms. The van der Waals surface area contributed by atoms with Crippen molar-refractivity contribution in [3.63, 3.8) is 0 Å². The van der Waals surface area contributed by atoms with Crippen LogP contribution in [-0.2, 0) is 4.79 Å². The van der Waals surface area contributed by atoms with Gasteiger partial charge >= 0.3 is 0 Å². The van der Waals surface area contributed by atoms with Gasteiger partial charge in [0.25, 0.3) is 11.8 Å². The second kappa shape index (κ2) is 10.7. The molecule has 0 radical (unpaired) electrons. The van der Waals surface area contributed by atoms with Crippen LogP contribution in [0.5, 0.6) is 11.5 Å². The molecule has 1 aliphatic heterocycles. The van der Waals surface area contributed by atoms with E-state index < -0.39 is 6.10 Å². The van der Waals surface area contributed by atoms with Gasteiger partial charge in [-0.2, -0.15) is 0 Å². The molecular formula is C29H29N3O5. The van der Waals surface area contributed by atoms with Crippen molar-refractivity contribution in [1.29, 1.82) is 0 Å². The molecule has 4 aromatic rings. The van der Waals surface area contributed by atoms with Gasteiger partial charge in [0.05, 0.1) is 12.8 Å². The number of methoxy groups -OCH3 is 1. The van der Waals surface area contributed by atoms with Crippen molar-refractivity contribution in [2.45, 2.75) is 13.0 Å². The fraction of sp³-hybridized carbons (Fsp3) is 0.241. The average molecular weight is 500 g/mol. The molecule has 1 N–H and O–H groups in total. The number of nitrogens with zero attached hydrogens (tertiary/aromatic N) is 2. The number of benzene rings is 3. The normalized spacial score (nSPS) is 14.3. The molecule has 2 heterocycles. The Balaban J connectivity index is 1.33. The molecule has 190 valence electrons. The number of furan rings is 1. The first-order chi connectivity index (χ1) is 18.0. The maximum atomic E-state index is 13.6. The molecule has 8 heteroatoms. The molecule has 2 amide bonds. The lowest BCUT2D eigenvalue weighted by molar-refractivity contribution is -0.122. The minimum Gasteiger partial charge on any atom is -0.495 e. The summed E-state index contributed by atoms with van der Waals surface area (Å²) in [5, 5.41) is 3.56. The van der Waals surface area contributed by atoms with Crippen LogP contribution in [0.25, 0.3) is 11.0 Å². The van der Waals surface area contributed by atoms with Crippen LogP contribution in [0.3, 0.4) is 0 Å². The van der Waals surface area contributed by atoms with Gasteiger partial charge in [-0.3, -0.25) is 9.59 Å². The van der Waals surface area contributed by atoms with Crippen LogP contribution in [0.2, 0.25) is 0 Å². The number of carbonyl (C=O) groups excluding carboxylic acids is 2. The molecule has 3 aromatic carbocycles. The lowest BCUT2D eigenvalue weighted by Gasteiger charge is -2.36. The minimum absolute atomic E-state index is 0.118. The van der Waals surface area contributed by atoms with Crippen LogP contribution in [0, 0.1) is 0 Å². The Kier molecular flexibility index (Phi) is 6.98. The largest absolute Gasteiger partial charge is 0.495 e. The van der Waals surface area contributed by atoms with E-state index in [0.29, 0.717) is 48.6 Å². The predicted molar refractivity (Wildman–Crippen MR) is 142 cm³/mol. The van der Waals surface area contributed by atoms with E-state index in [-0.39, 0.29) is 17.6 Å². The third-order valence-electron chi connectivity index (χ3n) is 6.46. The molecule has 0 bridgehead atoms. The number of amides is 2. The summed E-state index contributed by atoms with van der Waals surface area (Å²) in [5.41, 5.74) is 1.90. The van der Waals surface area contributed by atoms with Crippen molar-refractivity contribution >= 4 is 34.2 Å². The molecule has 0 unspecified atom stereocenters. The van der Waals surface area contributed by atoms with Crippen LogP contribution >= 0.6 is 0 Å². The van der Waals surface area contributed by atoms with Gasteiger partial charge in [0.15, 0.2) is 6.10 Å². The molecule has 5 rings (SSSR count). The van der Waals surface area contributed by atoms with E-state index in [4.69, 9.17) is 13.9 Å². The Morgan fingerprint density at radius 3 is 2.32 bits per heavy atom. The monoisotopic (exact) mass is 499 g/mol. The highest BCUT2D eigenvalue weighted by Gasteiger charge is 2.30. The van der Waals surface area contributed by atoms with E-state index in [1.54, 1.807) is 37.1 Å². The third kappa shape index (κ3) is 5.09. The fourth-order valence-electron chi connectivity index (χ4n) is 4.49. The van der Waals surface area contributed by atoms with E-state index in [1.165, 1.54) is 0 Å². The van der Waals surface area contributed by atoms with Crippen molar-refractivity contribution in [3.8, 4) is 11.5 Å². The van der Waals surface area contributed by atoms with Crippen molar-refractivity contribution in [3.05, 3.63) is 84.6 Å². The smallest absolute Gasteiger partial charge is 0.291 e. The van der Waals surface area contributed by atoms with E-state index in [2.05, 4.69) is 10.2 Å². The summed E-state index contributed by atoms with van der Waals surface area (Å²) in [6.07, 6.45) is -0.775. The van der Waals surface area contributed by atoms with Gasteiger partial charge in [-0.25, -0.2) is 0 Å². The van der Waals surface area contributed by atoms with E-state index >= 15 is 0 Å². The molecule has 8 nitrogen and oxygen atoms in total. The second-order valence-electron chi connectivity index (χ2n) is 8.82. The quantitative estimate of drug-likeness (QED) is 0.393. The zero-order valence-corrected chi connectivity index (χ0v) is 20.8. The number of nitrogens with one attached hydrogen (secondary N) is 1. The molecular weight excluding hydrogens is 470 g/mol. The number of hydrogen-bond acceptors (Lipinski definition) is 6. The third-order valence-corrected chi connectivity index (χ3v) is 6.46. The van der Waals surface area contributed by atoms with Crippen molar-refractivity contribution in [2.24, 2.45) is 0 Å². The first-order valence-electron chi connectivity index (χ1n) is 12.3. The maximum absolute atomic E-state index is 13.6. The van der Waals surface area contributed by atoms with Crippen molar-refractivity contribution < 1.29 is 23.5 Å². The van der Waals surface area contributed by atoms with E-state index in [9.17, 15) is 9.59 Å². The summed E-state index contributed by atoms with van der Waals surface area (Å²) in [4.78, 5) is 30.6. The first-order valence-corrected chi connectivity index (χ1v) is 12.3. The van der Waals surface area contributed by atoms with Gasteiger partial charge in [-0.15, -0.1) is 0 Å². The highest BCUT2D eigenvalue weighted by atomic mass is 16.5. The topological polar surface area (TPSA) is 84.3 Å². The summed E-state index contributed by atoms with van der Waals surface area (Å²) in [6, 6.07) is 24.3. The summed E-state index contributed by atoms with van der Waals surface area (Å²) < 4.78 is 17.3. The maximum Gasteiger partial charge on any atom is 0.291 e. The minimum atomic E-state index is -0.775. The average Bonchev–Trinajstić information content (AvgIpc) is 3.31. The number of para-hydroxylation sites is 4. The molecule has 1 atom stereocenters. The van der Waals surface area contributed by atoms with Crippen LogP contribution in [0.4, 0.5) is 11.4 Å². The summed E-state index contributed by atoms with van der Waals surface area (Å²) >= 11 is 0. The van der Waals surface area contributed by atoms with Crippen LogP contribution < -0.4 is 19.7 Å². The Morgan fingerprint density at radius 2 is 1.57 bits per heavy atom. The molecule has 1 aliphatic rings. The lowest BCUT2D eigenvalue weighted by Crippen LogP contribution is -2.49. The van der Waals surface area contributed by atoms with Gasteiger partial charge in [0.2, 0.25) is 5.76 Å². The van der Waals surface area contributed by atoms with E-state index in [1.807, 2.05) is 60.7 Å². The van der Waals surface area contributed by atoms with Gasteiger partial charge < -0.3 is 29.0 Å². The zero-order chi connectivity index (χ0) is 25.8. The van der Waals surface area contributed by atoms with Gasteiger partial charge in [0.1, 0.15) is 22.8 Å². The Morgan fingerprint density at radius 1 is 0.892 bits per heavy atom. The Labute approximate surface area is 215 Å². The highest BCUT2D eigenvalue weighted by Crippen LogP contribution is 2.33. The lowest BCUT2D eigenvalue weighted by atomic mass is 10.2. The number of carbonyl (C=O) groups is 2. The van der Waals surface area contributed by atoms with Crippen LogP contribution in [0.1, 0.15) is 17.5 Å². The van der Waals surface area contributed by atoms with Crippen LogP contribution in [-0.4, -0.2) is 56.1 Å². The number of rotatable bonds is 7. The van der Waals surface area contributed by atoms with Crippen molar-refractivity contribution in [1.82, 2.24) is 4.90 Å². The summed E-state index contributed by atoms with van der Waals surface area (Å²) in [6.45, 7) is 3.98. The molecule has 0 spiro atoms.